The number of aryl methyl sites for hydroxylation is 1. The second-order valence-corrected chi connectivity index (χ2v) is 11.1. The van der Waals surface area contributed by atoms with Crippen molar-refractivity contribution in [2.45, 2.75) is 74.7 Å². The molecule has 1 amide bonds. The lowest BCUT2D eigenvalue weighted by Crippen LogP contribution is -2.78. The fourth-order valence-electron chi connectivity index (χ4n) is 7.60. The van der Waals surface area contributed by atoms with E-state index in [1.807, 2.05) is 13.0 Å². The zero-order chi connectivity index (χ0) is 23.2. The summed E-state index contributed by atoms with van der Waals surface area (Å²) in [6, 6.07) is 5.26. The van der Waals surface area contributed by atoms with Crippen LogP contribution in [0.25, 0.3) is 0 Å². The first-order valence-electron chi connectivity index (χ1n) is 12.6. The van der Waals surface area contributed by atoms with Crippen molar-refractivity contribution >= 4 is 5.91 Å². The third-order valence-corrected chi connectivity index (χ3v) is 9.34. The van der Waals surface area contributed by atoms with Gasteiger partial charge in [-0.1, -0.05) is 6.07 Å². The number of pyridine rings is 1. The molecular weight excluding hydrogens is 430 g/mol. The predicted molar refractivity (Wildman–Crippen MR) is 125 cm³/mol. The van der Waals surface area contributed by atoms with Gasteiger partial charge in [0.2, 0.25) is 0 Å². The molecule has 3 aliphatic carbocycles. The monoisotopic (exact) mass is 461 g/mol. The van der Waals surface area contributed by atoms with E-state index in [-0.39, 0.29) is 23.7 Å². The Balaban J connectivity index is 1.30. The summed E-state index contributed by atoms with van der Waals surface area (Å²) >= 11 is 0. The summed E-state index contributed by atoms with van der Waals surface area (Å²) in [6.07, 6.45) is 8.27. The lowest BCUT2D eigenvalue weighted by atomic mass is 9.48. The molecule has 7 heteroatoms. The Bertz CT molecular complexity index is 1200. The molecule has 1 aromatic carbocycles. The maximum Gasteiger partial charge on any atom is 0.252 e. The van der Waals surface area contributed by atoms with Crippen LogP contribution in [-0.2, 0) is 11.8 Å². The van der Waals surface area contributed by atoms with Gasteiger partial charge < -0.3 is 20.3 Å². The highest BCUT2D eigenvalue weighted by Crippen LogP contribution is 2.65. The Morgan fingerprint density at radius 2 is 2.12 bits per heavy atom. The van der Waals surface area contributed by atoms with Crippen molar-refractivity contribution in [2.75, 3.05) is 13.1 Å². The molecule has 3 N–H and O–H groups in total. The SMILES string of the molecule is Cc1cnccc1C(=O)N[C@@H]1CC[C@@]2(O)[C@H]3Cc4ccc(O)c5c4[C@@]2(CCN3CC2CC2)[C@H]1O5. The third-order valence-electron chi connectivity index (χ3n) is 9.34. The molecule has 5 atom stereocenters. The predicted octanol–water partition coefficient (Wildman–Crippen LogP) is 2.46. The van der Waals surface area contributed by atoms with E-state index in [0.717, 1.165) is 43.0 Å². The minimum Gasteiger partial charge on any atom is -0.504 e. The summed E-state index contributed by atoms with van der Waals surface area (Å²) in [5.41, 5.74) is 2.03. The maximum absolute atomic E-state index is 13.2. The van der Waals surface area contributed by atoms with Crippen molar-refractivity contribution in [2.24, 2.45) is 5.92 Å². The Hall–Kier alpha value is -2.64. The molecule has 0 radical (unpaired) electrons. The van der Waals surface area contributed by atoms with Crippen molar-refractivity contribution in [3.8, 4) is 11.5 Å². The molecule has 34 heavy (non-hydrogen) atoms. The summed E-state index contributed by atoms with van der Waals surface area (Å²) in [4.78, 5) is 19.9. The van der Waals surface area contributed by atoms with E-state index < -0.39 is 17.1 Å². The lowest BCUT2D eigenvalue weighted by Gasteiger charge is -2.64. The molecule has 1 saturated heterocycles. The van der Waals surface area contributed by atoms with Crippen LogP contribution in [0.5, 0.6) is 11.5 Å². The summed E-state index contributed by atoms with van der Waals surface area (Å²) in [7, 11) is 0. The van der Waals surface area contributed by atoms with Gasteiger partial charge in [0.15, 0.2) is 11.5 Å². The number of hydrogen-bond acceptors (Lipinski definition) is 6. The lowest BCUT2D eigenvalue weighted by molar-refractivity contribution is -0.191. The van der Waals surface area contributed by atoms with E-state index >= 15 is 0 Å². The summed E-state index contributed by atoms with van der Waals surface area (Å²) < 4.78 is 6.53. The number of aromatic nitrogens is 1. The van der Waals surface area contributed by atoms with Gasteiger partial charge in [-0.3, -0.25) is 14.7 Å². The minimum absolute atomic E-state index is 0.0371. The number of ether oxygens (including phenoxy) is 1. The molecule has 5 aliphatic rings. The zero-order valence-electron chi connectivity index (χ0n) is 19.5. The van der Waals surface area contributed by atoms with Gasteiger partial charge in [0.05, 0.1) is 17.1 Å². The number of phenolic OH excluding ortho intramolecular Hbond substituents is 1. The van der Waals surface area contributed by atoms with Crippen LogP contribution in [0.15, 0.2) is 30.6 Å². The number of carbonyl (C=O) groups is 1. The number of aliphatic hydroxyl groups is 1. The number of rotatable bonds is 4. The fraction of sp³-hybridized carbons (Fsp3) is 0.556. The minimum atomic E-state index is -0.940. The number of hydrogen-bond donors (Lipinski definition) is 3. The van der Waals surface area contributed by atoms with E-state index in [9.17, 15) is 15.0 Å². The van der Waals surface area contributed by atoms with Crippen LogP contribution in [0.4, 0.5) is 0 Å². The van der Waals surface area contributed by atoms with Crippen LogP contribution in [0, 0.1) is 12.8 Å². The van der Waals surface area contributed by atoms with Crippen molar-refractivity contribution in [1.29, 1.82) is 0 Å². The number of benzene rings is 1. The van der Waals surface area contributed by atoms with Gasteiger partial charge in [0.25, 0.3) is 5.91 Å². The van der Waals surface area contributed by atoms with Crippen LogP contribution in [0.1, 0.15) is 59.2 Å². The zero-order valence-corrected chi connectivity index (χ0v) is 19.5. The average Bonchev–Trinajstić information content (AvgIpc) is 3.56. The number of amides is 1. The Labute approximate surface area is 199 Å². The number of carbonyl (C=O) groups excluding carboxylic acids is 1. The third kappa shape index (κ3) is 2.60. The normalized spacial score (nSPS) is 35.4. The standard InChI is InChI=1S/C27H31N3O4/c1-15-13-28-10-7-18(15)25(32)29-19-6-8-27(33)21-12-17-4-5-20(31)23-22(17)26(27,24(19)34-23)9-11-30(21)14-16-2-3-16/h4-5,7,10,13,16,19,21,24,31,33H,2-3,6,8-9,11-12,14H2,1H3,(H,29,32)/t19-,21-,24+,26+,27-/m1/s1. The quantitative estimate of drug-likeness (QED) is 0.648. The number of piperidine rings is 1. The van der Waals surface area contributed by atoms with Crippen molar-refractivity contribution < 1.29 is 19.7 Å². The van der Waals surface area contributed by atoms with Crippen LogP contribution in [-0.4, -0.2) is 62.9 Å². The number of aromatic hydroxyl groups is 1. The fourth-order valence-corrected chi connectivity index (χ4v) is 7.60. The highest BCUT2D eigenvalue weighted by atomic mass is 16.5. The smallest absolute Gasteiger partial charge is 0.252 e. The molecule has 2 aromatic rings. The molecule has 7 rings (SSSR count). The molecule has 2 bridgehead atoms. The molecule has 7 nitrogen and oxygen atoms in total. The van der Waals surface area contributed by atoms with E-state index in [2.05, 4.69) is 15.2 Å². The number of likely N-dealkylation sites (tertiary alicyclic amines) is 1. The van der Waals surface area contributed by atoms with E-state index in [1.165, 1.54) is 18.4 Å². The van der Waals surface area contributed by atoms with Gasteiger partial charge in [0, 0.05) is 36.1 Å². The number of nitrogens with zero attached hydrogens (tertiary/aromatic N) is 2. The Morgan fingerprint density at radius 1 is 1.26 bits per heavy atom. The molecule has 1 aromatic heterocycles. The molecule has 3 heterocycles. The largest absolute Gasteiger partial charge is 0.504 e. The van der Waals surface area contributed by atoms with Crippen molar-refractivity contribution in [3.05, 3.63) is 52.8 Å². The van der Waals surface area contributed by atoms with Gasteiger partial charge in [-0.2, -0.15) is 0 Å². The van der Waals surface area contributed by atoms with Crippen LogP contribution >= 0.6 is 0 Å². The van der Waals surface area contributed by atoms with Crippen LogP contribution in [0.2, 0.25) is 0 Å². The first kappa shape index (κ1) is 20.7. The molecule has 0 unspecified atom stereocenters. The van der Waals surface area contributed by atoms with Crippen molar-refractivity contribution in [1.82, 2.24) is 15.2 Å². The second kappa shape index (κ2) is 6.95. The number of phenols is 1. The Morgan fingerprint density at radius 3 is 2.91 bits per heavy atom. The molecular formula is C27H31N3O4. The van der Waals surface area contributed by atoms with Gasteiger partial charge in [0.1, 0.15) is 6.10 Å². The van der Waals surface area contributed by atoms with Gasteiger partial charge in [-0.05, 0) is 81.2 Å². The highest BCUT2D eigenvalue weighted by molar-refractivity contribution is 5.95. The topological polar surface area (TPSA) is 94.9 Å². The van der Waals surface area contributed by atoms with Gasteiger partial charge in [-0.15, -0.1) is 0 Å². The number of nitrogens with one attached hydrogen (secondary N) is 1. The van der Waals surface area contributed by atoms with Crippen LogP contribution < -0.4 is 10.1 Å². The molecule has 2 aliphatic heterocycles. The molecule has 178 valence electrons. The van der Waals surface area contributed by atoms with E-state index in [0.29, 0.717) is 24.2 Å². The summed E-state index contributed by atoms with van der Waals surface area (Å²) in [6.45, 7) is 3.84. The summed E-state index contributed by atoms with van der Waals surface area (Å²) in [5.74, 6) is 1.24. The second-order valence-electron chi connectivity index (χ2n) is 11.1. The summed E-state index contributed by atoms with van der Waals surface area (Å²) in [5, 5.41) is 26.5. The highest BCUT2D eigenvalue weighted by Gasteiger charge is 2.73. The Kier molecular flexibility index (Phi) is 4.23. The van der Waals surface area contributed by atoms with E-state index in [4.69, 9.17) is 4.74 Å². The van der Waals surface area contributed by atoms with Crippen LogP contribution in [0.3, 0.4) is 0 Å². The molecule has 2 saturated carbocycles. The van der Waals surface area contributed by atoms with Gasteiger partial charge >= 0.3 is 0 Å². The first-order chi connectivity index (χ1) is 16.4. The van der Waals surface area contributed by atoms with E-state index in [1.54, 1.807) is 24.5 Å². The average molecular weight is 462 g/mol. The first-order valence-corrected chi connectivity index (χ1v) is 12.6. The molecule has 3 fully saturated rings. The maximum atomic E-state index is 13.2. The van der Waals surface area contributed by atoms with Gasteiger partial charge in [-0.25, -0.2) is 0 Å². The van der Waals surface area contributed by atoms with Crippen molar-refractivity contribution in [3.63, 3.8) is 0 Å². The molecule has 1 spiro atoms.